The molecule has 1 heterocycles. The number of hydrogen-bond donors (Lipinski definition) is 1. The minimum absolute atomic E-state index is 0.118. The normalized spacial score (nSPS) is 17.4. The number of methoxy groups -OCH3 is 1. The third-order valence-corrected chi connectivity index (χ3v) is 7.08. The van der Waals surface area contributed by atoms with E-state index >= 15 is 0 Å². The van der Waals surface area contributed by atoms with Crippen LogP contribution in [0.15, 0.2) is 78.4 Å². The summed E-state index contributed by atoms with van der Waals surface area (Å²) in [4.78, 5) is 28.5. The number of fused-ring (bicyclic) bond motifs is 4. The molecule has 5 rings (SSSR count). The van der Waals surface area contributed by atoms with Crippen LogP contribution in [-0.2, 0) is 28.9 Å². The molecule has 0 fully saturated rings. The van der Waals surface area contributed by atoms with Crippen LogP contribution < -0.4 is 15.0 Å². The van der Waals surface area contributed by atoms with Crippen LogP contribution in [0.25, 0.3) is 5.57 Å². The SMILES string of the molecule is COc1ccc(N(C)C(=O)[C@@H]2Cc3cccc(c3)CCC3=C(CC(=O)N2)c2ccccc2C3)cc1. The van der Waals surface area contributed by atoms with Crippen LogP contribution in [0.5, 0.6) is 5.75 Å². The number of nitrogens with one attached hydrogen (secondary N) is 1. The first kappa shape index (κ1) is 22.9. The van der Waals surface area contributed by atoms with E-state index in [1.165, 1.54) is 22.3 Å². The van der Waals surface area contributed by atoms with Gasteiger partial charge in [-0.05, 0) is 71.4 Å². The van der Waals surface area contributed by atoms with Gasteiger partial charge in [0.25, 0.3) is 0 Å². The predicted octanol–water partition coefficient (Wildman–Crippen LogP) is 4.73. The Balaban J connectivity index is 1.46. The van der Waals surface area contributed by atoms with Gasteiger partial charge in [-0.2, -0.15) is 0 Å². The molecule has 0 aromatic heterocycles. The molecule has 3 aromatic rings. The van der Waals surface area contributed by atoms with Gasteiger partial charge in [0.2, 0.25) is 11.8 Å². The largest absolute Gasteiger partial charge is 0.497 e. The molecule has 5 heteroatoms. The number of benzene rings is 3. The third kappa shape index (κ3) is 4.85. The first-order chi connectivity index (χ1) is 17.0. The summed E-state index contributed by atoms with van der Waals surface area (Å²) in [5.41, 5.74) is 7.94. The molecule has 1 N–H and O–H groups in total. The first-order valence-corrected chi connectivity index (χ1v) is 12.1. The molecule has 178 valence electrons. The van der Waals surface area contributed by atoms with E-state index in [4.69, 9.17) is 4.74 Å². The maximum atomic E-state index is 13.6. The summed E-state index contributed by atoms with van der Waals surface area (Å²) < 4.78 is 5.24. The molecule has 0 spiro atoms. The van der Waals surface area contributed by atoms with Crippen molar-refractivity contribution in [1.29, 1.82) is 0 Å². The van der Waals surface area contributed by atoms with Crippen molar-refractivity contribution in [3.63, 3.8) is 0 Å². The number of allylic oxidation sites excluding steroid dienone is 1. The minimum atomic E-state index is -0.662. The number of likely N-dealkylation sites (N-methyl/N-ethyl adjacent to an activating group) is 1. The fraction of sp³-hybridized carbons (Fsp3) is 0.267. The Morgan fingerprint density at radius 1 is 0.943 bits per heavy atom. The second-order valence-corrected chi connectivity index (χ2v) is 9.33. The molecule has 1 atom stereocenters. The zero-order chi connectivity index (χ0) is 24.4. The average Bonchev–Trinajstić information content (AvgIpc) is 3.23. The summed E-state index contributed by atoms with van der Waals surface area (Å²) >= 11 is 0. The van der Waals surface area contributed by atoms with E-state index in [-0.39, 0.29) is 18.2 Å². The number of carbonyl (C=O) groups excluding carboxylic acids is 2. The molecule has 5 nitrogen and oxygen atoms in total. The van der Waals surface area contributed by atoms with Gasteiger partial charge >= 0.3 is 0 Å². The van der Waals surface area contributed by atoms with Gasteiger partial charge in [0.05, 0.1) is 13.5 Å². The number of nitrogens with zero attached hydrogens (tertiary/aromatic N) is 1. The van der Waals surface area contributed by atoms with Crippen molar-refractivity contribution in [1.82, 2.24) is 5.32 Å². The lowest BCUT2D eigenvalue weighted by Gasteiger charge is -2.26. The smallest absolute Gasteiger partial charge is 0.249 e. The molecule has 0 saturated carbocycles. The number of hydrogen-bond acceptors (Lipinski definition) is 3. The number of carbonyl (C=O) groups is 2. The summed E-state index contributed by atoms with van der Waals surface area (Å²) in [6.07, 6.45) is 3.48. The van der Waals surface area contributed by atoms with E-state index in [2.05, 4.69) is 35.6 Å². The van der Waals surface area contributed by atoms with Gasteiger partial charge in [-0.25, -0.2) is 0 Å². The molecule has 1 aliphatic carbocycles. The summed E-state index contributed by atoms with van der Waals surface area (Å²) in [5, 5.41) is 3.07. The molecule has 2 amide bonds. The lowest BCUT2D eigenvalue weighted by molar-refractivity contribution is -0.126. The Morgan fingerprint density at radius 3 is 2.51 bits per heavy atom. The summed E-state index contributed by atoms with van der Waals surface area (Å²) in [7, 11) is 3.36. The number of amides is 2. The van der Waals surface area contributed by atoms with Gasteiger partial charge < -0.3 is 15.0 Å². The Bertz CT molecular complexity index is 1290. The number of anilines is 1. The van der Waals surface area contributed by atoms with E-state index in [1.807, 2.05) is 42.5 Å². The van der Waals surface area contributed by atoms with Gasteiger partial charge in [0.1, 0.15) is 11.8 Å². The van der Waals surface area contributed by atoms with Crippen LogP contribution in [0.2, 0.25) is 0 Å². The van der Waals surface area contributed by atoms with Gasteiger partial charge in [0.15, 0.2) is 0 Å². The van der Waals surface area contributed by atoms with Gasteiger partial charge in [-0.1, -0.05) is 54.1 Å². The zero-order valence-electron chi connectivity index (χ0n) is 20.2. The van der Waals surface area contributed by atoms with E-state index in [0.29, 0.717) is 6.42 Å². The topological polar surface area (TPSA) is 58.6 Å². The third-order valence-electron chi connectivity index (χ3n) is 7.08. The highest BCUT2D eigenvalue weighted by Gasteiger charge is 2.28. The Hall–Kier alpha value is -3.86. The highest BCUT2D eigenvalue weighted by molar-refractivity contribution is 6.00. The summed E-state index contributed by atoms with van der Waals surface area (Å²) in [6.45, 7) is 0. The maximum absolute atomic E-state index is 13.6. The first-order valence-electron chi connectivity index (χ1n) is 12.1. The zero-order valence-corrected chi connectivity index (χ0v) is 20.2. The molecule has 0 unspecified atom stereocenters. The molecule has 1 aliphatic heterocycles. The van der Waals surface area contributed by atoms with Crippen LogP contribution in [0.4, 0.5) is 5.69 Å². The van der Waals surface area contributed by atoms with Crippen molar-refractivity contribution >= 4 is 23.1 Å². The van der Waals surface area contributed by atoms with Crippen molar-refractivity contribution < 1.29 is 14.3 Å². The Kier molecular flexibility index (Phi) is 6.41. The van der Waals surface area contributed by atoms with E-state index in [0.717, 1.165) is 41.8 Å². The van der Waals surface area contributed by atoms with E-state index < -0.39 is 6.04 Å². The van der Waals surface area contributed by atoms with Crippen LogP contribution >= 0.6 is 0 Å². The second kappa shape index (κ2) is 9.79. The van der Waals surface area contributed by atoms with Gasteiger partial charge in [-0.3, -0.25) is 9.59 Å². The van der Waals surface area contributed by atoms with Gasteiger partial charge in [-0.15, -0.1) is 0 Å². The average molecular weight is 467 g/mol. The van der Waals surface area contributed by atoms with Crippen molar-refractivity contribution in [3.8, 4) is 5.75 Å². The summed E-state index contributed by atoms with van der Waals surface area (Å²) in [5.74, 6) is 0.464. The molecule has 0 saturated heterocycles. The van der Waals surface area contributed by atoms with Crippen LogP contribution in [0, 0.1) is 0 Å². The van der Waals surface area contributed by atoms with Crippen molar-refractivity contribution in [3.05, 3.63) is 101 Å². The Morgan fingerprint density at radius 2 is 1.71 bits per heavy atom. The number of aryl methyl sites for hydroxylation is 1. The molecule has 0 radical (unpaired) electrons. The lowest BCUT2D eigenvalue weighted by Crippen LogP contribution is -2.48. The molecule has 2 bridgehead atoms. The van der Waals surface area contributed by atoms with Crippen molar-refractivity contribution in [2.24, 2.45) is 0 Å². The minimum Gasteiger partial charge on any atom is -0.497 e. The molecular weight excluding hydrogens is 436 g/mol. The number of ether oxygens (including phenoxy) is 1. The highest BCUT2D eigenvalue weighted by Crippen LogP contribution is 2.37. The quantitative estimate of drug-likeness (QED) is 0.607. The van der Waals surface area contributed by atoms with Crippen LogP contribution in [-0.4, -0.2) is 32.0 Å². The maximum Gasteiger partial charge on any atom is 0.249 e. The van der Waals surface area contributed by atoms with Crippen molar-refractivity contribution in [2.45, 2.75) is 38.1 Å². The molecule has 3 aromatic carbocycles. The standard InChI is InChI=1S/C30H30N2O3/c1-32(24-12-14-25(35-2)15-13-24)30(34)28-17-21-7-5-6-20(16-21)10-11-23-18-22-8-3-4-9-26(22)27(23)19-29(33)31-28/h3-9,12-16,28H,10-11,17-19H2,1-2H3,(H,31,33)/t28-/m0/s1. The lowest BCUT2D eigenvalue weighted by atomic mass is 9.95. The number of rotatable bonds is 3. The van der Waals surface area contributed by atoms with Gasteiger partial charge in [0, 0.05) is 19.2 Å². The molecule has 2 aliphatic rings. The Labute approximate surface area is 206 Å². The highest BCUT2D eigenvalue weighted by atomic mass is 16.5. The summed E-state index contributed by atoms with van der Waals surface area (Å²) in [6, 6.07) is 23.4. The predicted molar refractivity (Wildman–Crippen MR) is 138 cm³/mol. The van der Waals surface area contributed by atoms with Crippen molar-refractivity contribution in [2.75, 3.05) is 19.1 Å². The van der Waals surface area contributed by atoms with Crippen LogP contribution in [0.3, 0.4) is 0 Å². The second-order valence-electron chi connectivity index (χ2n) is 9.33. The van der Waals surface area contributed by atoms with E-state index in [1.54, 1.807) is 19.1 Å². The fourth-order valence-electron chi connectivity index (χ4n) is 5.17. The van der Waals surface area contributed by atoms with E-state index in [9.17, 15) is 9.59 Å². The molecule has 35 heavy (non-hydrogen) atoms. The fourth-order valence-corrected chi connectivity index (χ4v) is 5.17. The monoisotopic (exact) mass is 466 g/mol. The van der Waals surface area contributed by atoms with Crippen LogP contribution in [0.1, 0.15) is 35.1 Å². The molecular formula is C30H30N2O3.